The molecule has 6 heteroatoms. The van der Waals surface area contributed by atoms with Crippen molar-refractivity contribution < 1.29 is 9.53 Å². The highest BCUT2D eigenvalue weighted by Gasteiger charge is 2.33. The van der Waals surface area contributed by atoms with Crippen LogP contribution in [-0.4, -0.2) is 30.0 Å². The summed E-state index contributed by atoms with van der Waals surface area (Å²) in [7, 11) is 0. The highest BCUT2D eigenvalue weighted by atomic mass is 32.1. The lowest BCUT2D eigenvalue weighted by Crippen LogP contribution is -2.29. The lowest BCUT2D eigenvalue weighted by molar-refractivity contribution is 0.0528. The van der Waals surface area contributed by atoms with Crippen LogP contribution in [-0.2, 0) is 4.74 Å². The van der Waals surface area contributed by atoms with Gasteiger partial charge >= 0.3 is 5.97 Å². The number of nitrogens with two attached hydrogens (primary N) is 1. The van der Waals surface area contributed by atoms with Crippen molar-refractivity contribution in [3.8, 4) is 0 Å². The first-order valence-electron chi connectivity index (χ1n) is 7.36. The molecule has 2 fully saturated rings. The van der Waals surface area contributed by atoms with Crippen molar-refractivity contribution in [2.24, 2.45) is 11.8 Å². The first-order chi connectivity index (χ1) is 9.69. The number of anilines is 2. The molecule has 2 aliphatic carbocycles. The molecule has 1 aromatic heterocycles. The molecule has 1 aromatic rings. The zero-order valence-corrected chi connectivity index (χ0v) is 12.6. The molecule has 0 amide bonds. The molecule has 0 bridgehead atoms. The molecule has 5 nitrogen and oxygen atoms in total. The number of carbonyl (C=O) groups is 1. The van der Waals surface area contributed by atoms with Gasteiger partial charge in [0.25, 0.3) is 0 Å². The number of hydrogen-bond donors (Lipinski definition) is 1. The molecule has 0 aromatic carbocycles. The largest absolute Gasteiger partial charge is 0.462 e. The molecule has 1 heterocycles. The average molecular weight is 295 g/mol. The van der Waals surface area contributed by atoms with Crippen LogP contribution in [0.1, 0.15) is 43.0 Å². The fraction of sp³-hybridized carbons (Fsp3) is 0.714. The van der Waals surface area contributed by atoms with Gasteiger partial charge in [0.1, 0.15) is 10.6 Å². The number of rotatable bonds is 7. The third-order valence-electron chi connectivity index (χ3n) is 3.82. The van der Waals surface area contributed by atoms with Gasteiger partial charge in [-0.3, -0.25) is 0 Å². The van der Waals surface area contributed by atoms with Crippen LogP contribution < -0.4 is 10.6 Å². The summed E-state index contributed by atoms with van der Waals surface area (Å²) in [4.78, 5) is 14.4. The van der Waals surface area contributed by atoms with E-state index in [2.05, 4.69) is 9.27 Å². The number of esters is 1. The Hall–Kier alpha value is -1.30. The third-order valence-corrected chi connectivity index (χ3v) is 4.74. The van der Waals surface area contributed by atoms with Gasteiger partial charge in [0.2, 0.25) is 0 Å². The maximum atomic E-state index is 12.1. The van der Waals surface area contributed by atoms with Crippen LogP contribution in [0.2, 0.25) is 0 Å². The number of carbonyl (C=O) groups excluding carboxylic acids is 1. The molecule has 20 heavy (non-hydrogen) atoms. The van der Waals surface area contributed by atoms with E-state index in [1.807, 2.05) is 0 Å². The second-order valence-electron chi connectivity index (χ2n) is 5.76. The van der Waals surface area contributed by atoms with Gasteiger partial charge in [-0.25, -0.2) is 4.79 Å². The predicted octanol–water partition coefficient (Wildman–Crippen LogP) is 2.53. The number of nitrogen functional groups attached to an aromatic ring is 1. The Morgan fingerprint density at radius 1 is 1.35 bits per heavy atom. The van der Waals surface area contributed by atoms with Crippen molar-refractivity contribution in [3.63, 3.8) is 0 Å². The van der Waals surface area contributed by atoms with Crippen molar-refractivity contribution in [2.75, 3.05) is 30.3 Å². The molecule has 0 spiro atoms. The van der Waals surface area contributed by atoms with Gasteiger partial charge < -0.3 is 15.4 Å². The summed E-state index contributed by atoms with van der Waals surface area (Å²) >= 11 is 1.33. The van der Waals surface area contributed by atoms with Crippen LogP contribution in [0.5, 0.6) is 0 Å². The molecular weight excluding hydrogens is 274 g/mol. The molecule has 0 aliphatic heterocycles. The van der Waals surface area contributed by atoms with E-state index >= 15 is 0 Å². The quantitative estimate of drug-likeness (QED) is 0.783. The van der Waals surface area contributed by atoms with Gasteiger partial charge in [-0.1, -0.05) is 0 Å². The van der Waals surface area contributed by atoms with Gasteiger partial charge in [0.05, 0.1) is 6.61 Å². The molecule has 3 rings (SSSR count). The summed E-state index contributed by atoms with van der Waals surface area (Å²) < 4.78 is 9.29. The zero-order chi connectivity index (χ0) is 14.1. The Balaban J connectivity index is 1.82. The van der Waals surface area contributed by atoms with Crippen molar-refractivity contribution in [3.05, 3.63) is 5.56 Å². The van der Waals surface area contributed by atoms with E-state index < -0.39 is 0 Å². The minimum absolute atomic E-state index is 0.306. The summed E-state index contributed by atoms with van der Waals surface area (Å²) in [6.07, 6.45) is 5.18. The third kappa shape index (κ3) is 3.06. The fourth-order valence-electron chi connectivity index (χ4n) is 2.37. The van der Waals surface area contributed by atoms with E-state index in [4.69, 9.17) is 10.5 Å². The molecule has 2 N–H and O–H groups in total. The molecule has 0 saturated heterocycles. The Kier molecular flexibility index (Phi) is 3.83. The Morgan fingerprint density at radius 3 is 2.45 bits per heavy atom. The van der Waals surface area contributed by atoms with Crippen molar-refractivity contribution in [1.82, 2.24) is 4.37 Å². The average Bonchev–Trinajstić information content (AvgIpc) is 3.32. The van der Waals surface area contributed by atoms with Crippen LogP contribution in [0.15, 0.2) is 0 Å². The van der Waals surface area contributed by atoms with Crippen LogP contribution in [0.25, 0.3) is 0 Å². The highest BCUT2D eigenvalue weighted by molar-refractivity contribution is 7.11. The number of nitrogens with zero attached hydrogens (tertiary/aromatic N) is 2. The van der Waals surface area contributed by atoms with Crippen LogP contribution in [0.3, 0.4) is 0 Å². The van der Waals surface area contributed by atoms with Gasteiger partial charge in [0, 0.05) is 13.1 Å². The lowest BCUT2D eigenvalue weighted by atomic mass is 10.2. The van der Waals surface area contributed by atoms with Crippen LogP contribution in [0, 0.1) is 11.8 Å². The Labute approximate surface area is 123 Å². The van der Waals surface area contributed by atoms with E-state index in [0.29, 0.717) is 18.0 Å². The number of ether oxygens (including phenoxy) is 1. The van der Waals surface area contributed by atoms with Gasteiger partial charge in [0.15, 0.2) is 5.82 Å². The fourth-order valence-corrected chi connectivity index (χ4v) is 3.19. The van der Waals surface area contributed by atoms with E-state index in [9.17, 15) is 4.79 Å². The molecule has 110 valence electrons. The standard InChI is InChI=1S/C14H21N3O2S/c1-2-19-14(18)11-12(15)16-20-13(11)17(7-9-3-4-9)8-10-5-6-10/h9-10H,2-8H2,1H3,(H2,15,16). The summed E-state index contributed by atoms with van der Waals surface area (Å²) in [5.74, 6) is 1.50. The maximum absolute atomic E-state index is 12.1. The minimum atomic E-state index is -0.342. The van der Waals surface area contributed by atoms with E-state index in [1.54, 1.807) is 6.92 Å². The molecule has 0 unspecified atom stereocenters. The second kappa shape index (κ2) is 5.60. The van der Waals surface area contributed by atoms with E-state index in [1.165, 1.54) is 37.2 Å². The maximum Gasteiger partial charge on any atom is 0.345 e. The molecule has 2 aliphatic rings. The van der Waals surface area contributed by atoms with Gasteiger partial charge in [-0.2, -0.15) is 4.37 Å². The lowest BCUT2D eigenvalue weighted by Gasteiger charge is -2.23. The highest BCUT2D eigenvalue weighted by Crippen LogP contribution is 2.39. The van der Waals surface area contributed by atoms with Gasteiger partial charge in [-0.05, 0) is 56.0 Å². The molecular formula is C14H21N3O2S. The minimum Gasteiger partial charge on any atom is -0.462 e. The summed E-state index contributed by atoms with van der Waals surface area (Å²) in [6, 6.07) is 0. The summed E-state index contributed by atoms with van der Waals surface area (Å²) in [6.45, 7) is 4.20. The predicted molar refractivity (Wildman–Crippen MR) is 80.1 cm³/mol. The van der Waals surface area contributed by atoms with Crippen molar-refractivity contribution >= 4 is 28.3 Å². The first-order valence-corrected chi connectivity index (χ1v) is 8.13. The van der Waals surface area contributed by atoms with Crippen molar-refractivity contribution in [1.29, 1.82) is 0 Å². The van der Waals surface area contributed by atoms with Crippen molar-refractivity contribution in [2.45, 2.75) is 32.6 Å². The van der Waals surface area contributed by atoms with Crippen LogP contribution in [0.4, 0.5) is 10.8 Å². The summed E-state index contributed by atoms with van der Waals surface area (Å²) in [5, 5.41) is 0.903. The monoisotopic (exact) mass is 295 g/mol. The number of aromatic nitrogens is 1. The van der Waals surface area contributed by atoms with Crippen LogP contribution >= 0.6 is 11.5 Å². The molecule has 0 atom stereocenters. The van der Waals surface area contributed by atoms with E-state index in [-0.39, 0.29) is 5.97 Å². The SMILES string of the molecule is CCOC(=O)c1c(N)nsc1N(CC1CC1)CC1CC1. The second-order valence-corrected chi connectivity index (χ2v) is 6.51. The normalized spacial score (nSPS) is 18.1. The van der Waals surface area contributed by atoms with Gasteiger partial charge in [-0.15, -0.1) is 0 Å². The van der Waals surface area contributed by atoms with E-state index in [0.717, 1.165) is 29.9 Å². The Bertz CT molecular complexity index is 481. The first kappa shape index (κ1) is 13.7. The topological polar surface area (TPSA) is 68.5 Å². The molecule has 2 saturated carbocycles. The smallest absolute Gasteiger partial charge is 0.345 e. The molecule has 0 radical (unpaired) electrons. The summed E-state index contributed by atoms with van der Waals surface area (Å²) in [5.41, 5.74) is 6.35. The zero-order valence-electron chi connectivity index (χ0n) is 11.8. The number of hydrogen-bond acceptors (Lipinski definition) is 6. The Morgan fingerprint density at radius 2 is 1.95 bits per heavy atom.